The van der Waals surface area contributed by atoms with Gasteiger partial charge in [0.05, 0.1) is 12.6 Å². The van der Waals surface area contributed by atoms with Crippen molar-refractivity contribution in [2.75, 3.05) is 11.4 Å². The lowest BCUT2D eigenvalue weighted by atomic mass is 9.86. The molecule has 3 unspecified atom stereocenters. The van der Waals surface area contributed by atoms with E-state index in [2.05, 4.69) is 70.7 Å². The van der Waals surface area contributed by atoms with Crippen LogP contribution in [0.1, 0.15) is 135 Å². The largest absolute Gasteiger partial charge is 0.320 e. The molecule has 3 fully saturated rings. The first kappa shape index (κ1) is 30.4. The lowest BCUT2D eigenvalue weighted by Gasteiger charge is -2.48. The number of aryl methyl sites for hydroxylation is 6. The zero-order valence-corrected chi connectivity index (χ0v) is 28.5. The Kier molecular flexibility index (Phi) is 9.50. The molecule has 3 atom stereocenters. The second-order valence-corrected chi connectivity index (χ2v) is 17.7. The number of nitrogens with zero attached hydrogens (tertiary/aromatic N) is 2. The van der Waals surface area contributed by atoms with E-state index >= 15 is 0 Å². The maximum atomic E-state index is 5.66. The van der Waals surface area contributed by atoms with E-state index < -0.39 is 0 Å². The summed E-state index contributed by atoms with van der Waals surface area (Å²) in [4.78, 5) is 8.47. The smallest absolute Gasteiger partial charge is 0.108 e. The van der Waals surface area contributed by atoms with E-state index in [0.717, 1.165) is 23.5 Å². The first-order valence-corrected chi connectivity index (χ1v) is 19.1. The van der Waals surface area contributed by atoms with Crippen LogP contribution in [-0.4, -0.2) is 29.4 Å². The van der Waals surface area contributed by atoms with E-state index in [0.29, 0.717) is 12.0 Å². The van der Waals surface area contributed by atoms with E-state index in [1.807, 2.05) is 0 Å². The number of hydrogen-bond acceptors (Lipinski definition) is 2. The molecule has 3 saturated carbocycles. The van der Waals surface area contributed by atoms with E-state index in [1.54, 1.807) is 0 Å². The molecule has 1 aliphatic heterocycles. The molecule has 0 bridgehead atoms. The zero-order chi connectivity index (χ0) is 29.4. The summed E-state index contributed by atoms with van der Waals surface area (Å²) < 4.78 is 0. The number of anilines is 1. The van der Waals surface area contributed by atoms with Crippen LogP contribution in [0.5, 0.6) is 0 Å². The summed E-state index contributed by atoms with van der Waals surface area (Å²) in [5.41, 5.74) is 14.3. The van der Waals surface area contributed by atoms with Gasteiger partial charge < -0.3 is 4.90 Å². The fraction of sp³-hybridized carbons (Fsp3) is 0.667. The Hall–Kier alpha value is -1.66. The molecule has 4 aliphatic rings. The van der Waals surface area contributed by atoms with Gasteiger partial charge in [-0.25, -0.2) is 0 Å². The van der Waals surface area contributed by atoms with Crippen LogP contribution in [0.2, 0.25) is 0 Å². The maximum absolute atomic E-state index is 5.66. The molecule has 228 valence electrons. The number of rotatable bonds is 6. The molecule has 3 heteroatoms. The normalized spacial score (nSPS) is 26.2. The third-order valence-corrected chi connectivity index (χ3v) is 15.5. The van der Waals surface area contributed by atoms with Gasteiger partial charge in [0, 0.05) is 11.6 Å². The molecule has 0 amide bonds. The second-order valence-electron chi connectivity index (χ2n) is 14.6. The molecule has 0 N–H and O–H groups in total. The Morgan fingerprint density at radius 1 is 0.595 bits per heavy atom. The van der Waals surface area contributed by atoms with Gasteiger partial charge in [0.25, 0.3) is 0 Å². The van der Waals surface area contributed by atoms with Crippen molar-refractivity contribution in [1.82, 2.24) is 0 Å². The third-order valence-electron chi connectivity index (χ3n) is 11.4. The molecule has 42 heavy (non-hydrogen) atoms. The molecule has 2 aromatic rings. The highest BCUT2D eigenvalue weighted by Gasteiger charge is 2.46. The average molecular weight is 585 g/mol. The Labute approximate surface area is 258 Å². The van der Waals surface area contributed by atoms with Crippen molar-refractivity contribution in [3.05, 3.63) is 63.2 Å². The molecule has 1 heterocycles. The van der Waals surface area contributed by atoms with Crippen molar-refractivity contribution in [2.24, 2.45) is 10.9 Å². The molecule has 0 radical (unpaired) electrons. The van der Waals surface area contributed by atoms with Gasteiger partial charge in [0.2, 0.25) is 0 Å². The van der Waals surface area contributed by atoms with Crippen molar-refractivity contribution in [3.8, 4) is 0 Å². The van der Waals surface area contributed by atoms with Crippen LogP contribution in [0.4, 0.5) is 5.69 Å². The fourth-order valence-corrected chi connectivity index (χ4v) is 14.7. The van der Waals surface area contributed by atoms with Crippen LogP contribution in [0.25, 0.3) is 0 Å². The zero-order valence-electron chi connectivity index (χ0n) is 27.6. The quantitative estimate of drug-likeness (QED) is 0.308. The van der Waals surface area contributed by atoms with Gasteiger partial charge in [-0.05, 0) is 125 Å². The molecule has 2 nitrogen and oxygen atoms in total. The van der Waals surface area contributed by atoms with Crippen LogP contribution in [0.15, 0.2) is 29.3 Å². The monoisotopic (exact) mass is 584 g/mol. The van der Waals surface area contributed by atoms with E-state index in [1.165, 1.54) is 140 Å². The predicted octanol–water partition coefficient (Wildman–Crippen LogP) is 11.2. The highest BCUT2D eigenvalue weighted by molar-refractivity contribution is 7.60. The highest BCUT2D eigenvalue weighted by Crippen LogP contribution is 2.63. The average Bonchev–Trinajstić information content (AvgIpc) is 3.37. The van der Waals surface area contributed by atoms with Gasteiger partial charge in [-0.3, -0.25) is 4.99 Å². The molecule has 2 aromatic carbocycles. The summed E-state index contributed by atoms with van der Waals surface area (Å²) >= 11 is 0. The second kappa shape index (κ2) is 13.1. The third kappa shape index (κ3) is 6.01. The van der Waals surface area contributed by atoms with Crippen molar-refractivity contribution in [1.29, 1.82) is 0 Å². The van der Waals surface area contributed by atoms with Gasteiger partial charge in [-0.15, -0.1) is 0 Å². The van der Waals surface area contributed by atoms with Crippen LogP contribution in [0, 0.1) is 47.5 Å². The number of hydrogen-bond donors (Lipinski definition) is 0. The van der Waals surface area contributed by atoms with Crippen molar-refractivity contribution < 1.29 is 0 Å². The van der Waals surface area contributed by atoms with Crippen LogP contribution in [-0.2, 0) is 0 Å². The summed E-state index contributed by atoms with van der Waals surface area (Å²) in [6.45, 7) is 14.8. The van der Waals surface area contributed by atoms with Gasteiger partial charge in [0.1, 0.15) is 5.84 Å². The minimum atomic E-state index is 0.0282. The summed E-state index contributed by atoms with van der Waals surface area (Å²) in [6, 6.07) is 9.95. The van der Waals surface area contributed by atoms with Crippen molar-refractivity contribution >= 4 is 19.4 Å². The van der Waals surface area contributed by atoms with E-state index in [9.17, 15) is 0 Å². The summed E-state index contributed by atoms with van der Waals surface area (Å²) in [5, 5.41) is 0. The Balaban J connectivity index is 1.44. The van der Waals surface area contributed by atoms with Gasteiger partial charge in [-0.1, -0.05) is 94.7 Å². The Morgan fingerprint density at radius 3 is 1.62 bits per heavy atom. The van der Waals surface area contributed by atoms with Crippen molar-refractivity contribution in [3.63, 3.8) is 0 Å². The summed E-state index contributed by atoms with van der Waals surface area (Å²) in [5.74, 6) is 2.10. The predicted molar refractivity (Wildman–Crippen MR) is 185 cm³/mol. The summed E-state index contributed by atoms with van der Waals surface area (Å²) in [6.07, 6.45) is 20.6. The van der Waals surface area contributed by atoms with Crippen LogP contribution >= 0.6 is 7.92 Å². The highest BCUT2D eigenvalue weighted by atomic mass is 31.1. The number of benzene rings is 2. The number of aliphatic imine (C=N–C) groups is 1. The molecule has 3 aliphatic carbocycles. The van der Waals surface area contributed by atoms with Gasteiger partial charge >= 0.3 is 0 Å². The van der Waals surface area contributed by atoms with Crippen LogP contribution < -0.4 is 4.90 Å². The molecule has 0 spiro atoms. The topological polar surface area (TPSA) is 15.6 Å². The first-order valence-electron chi connectivity index (χ1n) is 17.6. The number of amidine groups is 1. The lowest BCUT2D eigenvalue weighted by Crippen LogP contribution is -2.44. The lowest BCUT2D eigenvalue weighted by molar-refractivity contribution is 0.423. The molecule has 0 aromatic heterocycles. The minimum Gasteiger partial charge on any atom is -0.320 e. The standard InChI is InChI=1S/C39H57N2P/c1-26-21-28(3)37(29(4)22-26)35-25-40-39(41(35)38-30(5)23-27(2)24-31(38)6)34-19-13-14-20-36(34)42(32-15-9-7-10-16-32)33-17-11-8-12-18-33/h21-24,32-36H,7-20,25H2,1-6H3. The SMILES string of the molecule is Cc1cc(C)c(C2CN=C(C3CCCCC3P(C3CCCCC3)C3CCCCC3)N2c2c(C)cc(C)cc2C)c(C)c1. The van der Waals surface area contributed by atoms with E-state index in [4.69, 9.17) is 4.99 Å². The Bertz CT molecular complexity index is 1220. The molecular weight excluding hydrogens is 527 g/mol. The van der Waals surface area contributed by atoms with E-state index in [-0.39, 0.29) is 7.92 Å². The van der Waals surface area contributed by atoms with Crippen LogP contribution in [0.3, 0.4) is 0 Å². The Morgan fingerprint density at radius 2 is 1.07 bits per heavy atom. The molecule has 0 saturated heterocycles. The fourth-order valence-electron chi connectivity index (χ4n) is 9.92. The maximum Gasteiger partial charge on any atom is 0.108 e. The van der Waals surface area contributed by atoms with Gasteiger partial charge in [0.15, 0.2) is 0 Å². The minimum absolute atomic E-state index is 0.0282. The first-order chi connectivity index (χ1) is 20.3. The van der Waals surface area contributed by atoms with Crippen molar-refractivity contribution in [2.45, 2.75) is 154 Å². The molecule has 6 rings (SSSR count). The molecular formula is C39H57N2P. The van der Waals surface area contributed by atoms with Gasteiger partial charge in [-0.2, -0.15) is 0 Å². The summed E-state index contributed by atoms with van der Waals surface area (Å²) in [7, 11) is 0.0282.